The monoisotopic (exact) mass is 154 g/mol. The van der Waals surface area contributed by atoms with Crippen LogP contribution in [0.3, 0.4) is 0 Å². The van der Waals surface area contributed by atoms with Crippen molar-refractivity contribution in [2.75, 3.05) is 0 Å². The van der Waals surface area contributed by atoms with E-state index in [2.05, 4.69) is 0 Å². The van der Waals surface area contributed by atoms with Crippen molar-refractivity contribution >= 4 is 5.97 Å². The summed E-state index contributed by atoms with van der Waals surface area (Å²) in [7, 11) is 0. The van der Waals surface area contributed by atoms with E-state index in [9.17, 15) is 4.79 Å². The van der Waals surface area contributed by atoms with Crippen molar-refractivity contribution in [1.82, 2.24) is 0 Å². The maximum absolute atomic E-state index is 9.92. The quantitative estimate of drug-likeness (QED) is 0.369. The van der Waals surface area contributed by atoms with Gasteiger partial charge < -0.3 is 10.2 Å². The van der Waals surface area contributed by atoms with Crippen LogP contribution in [0.25, 0.3) is 0 Å². The first-order valence-corrected chi connectivity index (χ1v) is 3.09. The predicted molar refractivity (Wildman–Crippen MR) is 42.3 cm³/mol. The summed E-state index contributed by atoms with van der Waals surface area (Å²) in [4.78, 5) is 9.92. The molecule has 0 amide bonds. The Bertz CT molecular complexity index is 211. The van der Waals surface area contributed by atoms with E-state index in [4.69, 9.17) is 10.2 Å². The van der Waals surface area contributed by atoms with Crippen molar-refractivity contribution < 1.29 is 15.0 Å². The van der Waals surface area contributed by atoms with Gasteiger partial charge in [0.2, 0.25) is 0 Å². The molecule has 0 aliphatic carbocycles. The Morgan fingerprint density at radius 3 is 2.18 bits per heavy atom. The minimum absolute atomic E-state index is 0.111. The first-order valence-electron chi connectivity index (χ1n) is 3.09. The summed E-state index contributed by atoms with van der Waals surface area (Å²) in [6, 6.07) is 0. The van der Waals surface area contributed by atoms with Crippen molar-refractivity contribution in [3.05, 3.63) is 36.1 Å². The summed E-state index contributed by atoms with van der Waals surface area (Å²) < 4.78 is 0. The zero-order valence-corrected chi connectivity index (χ0v) is 6.19. The van der Waals surface area contributed by atoms with Gasteiger partial charge in [-0.3, -0.25) is 0 Å². The third-order valence-corrected chi connectivity index (χ3v) is 0.913. The molecule has 0 aliphatic heterocycles. The molecule has 0 unspecified atom stereocenters. The molecule has 0 spiro atoms. The Balaban J connectivity index is 3.87. The highest BCUT2D eigenvalue weighted by Crippen LogP contribution is 1.89. The zero-order chi connectivity index (χ0) is 8.69. The molecule has 0 heterocycles. The van der Waals surface area contributed by atoms with Crippen LogP contribution in [-0.4, -0.2) is 16.2 Å². The number of aliphatic hydroxyl groups is 1. The topological polar surface area (TPSA) is 57.5 Å². The molecule has 0 saturated carbocycles. The van der Waals surface area contributed by atoms with E-state index in [0.29, 0.717) is 0 Å². The molecule has 0 aromatic heterocycles. The molecule has 0 radical (unpaired) electrons. The molecule has 0 fully saturated rings. The van der Waals surface area contributed by atoms with Crippen LogP contribution in [0.15, 0.2) is 36.1 Å². The summed E-state index contributed by atoms with van der Waals surface area (Å²) in [5.74, 6) is -0.894. The number of hydrogen-bond donors (Lipinski definition) is 2. The summed E-state index contributed by atoms with van der Waals surface area (Å²) >= 11 is 0. The summed E-state index contributed by atoms with van der Waals surface area (Å²) in [6.07, 6.45) is 6.68. The smallest absolute Gasteiger partial charge is 0.328 e. The Kier molecular flexibility index (Phi) is 4.56. The van der Waals surface area contributed by atoms with E-state index < -0.39 is 5.97 Å². The fourth-order valence-electron chi connectivity index (χ4n) is 0.388. The van der Waals surface area contributed by atoms with Crippen LogP contribution in [-0.2, 0) is 4.79 Å². The Labute approximate surface area is 65.0 Å². The fourth-order valence-corrected chi connectivity index (χ4v) is 0.388. The molecule has 3 nitrogen and oxygen atoms in total. The molecular weight excluding hydrogens is 144 g/mol. The number of hydrogen-bond acceptors (Lipinski definition) is 2. The van der Waals surface area contributed by atoms with Gasteiger partial charge in [0.05, 0.1) is 0 Å². The molecule has 3 heteroatoms. The molecule has 0 aliphatic rings. The normalized spacial score (nSPS) is 13.0. The average molecular weight is 154 g/mol. The number of aliphatic carboxylic acids is 1. The molecule has 0 saturated heterocycles. The fraction of sp³-hybridized carbons (Fsp3) is 0.125. The van der Waals surface area contributed by atoms with Gasteiger partial charge in [0.25, 0.3) is 0 Å². The van der Waals surface area contributed by atoms with Gasteiger partial charge in [-0.25, -0.2) is 4.79 Å². The van der Waals surface area contributed by atoms with Crippen LogP contribution in [0.4, 0.5) is 0 Å². The summed E-state index contributed by atoms with van der Waals surface area (Å²) in [6.45, 7) is 1.68. The second kappa shape index (κ2) is 5.29. The van der Waals surface area contributed by atoms with Crippen molar-refractivity contribution in [1.29, 1.82) is 0 Å². The van der Waals surface area contributed by atoms with Gasteiger partial charge in [0.15, 0.2) is 0 Å². The van der Waals surface area contributed by atoms with Crippen molar-refractivity contribution in [2.24, 2.45) is 0 Å². The standard InChI is InChI=1S/C8H10O3/c1-2-7(9)5-3-4-6-8(10)11/h2-6,9H,1H3,(H,10,11). The average Bonchev–Trinajstić information content (AvgIpc) is 1.97. The molecule has 0 bridgehead atoms. The lowest BCUT2D eigenvalue weighted by molar-refractivity contribution is -0.131. The second-order valence-corrected chi connectivity index (χ2v) is 1.77. The summed E-state index contributed by atoms with van der Waals surface area (Å²) in [5.41, 5.74) is 0. The van der Waals surface area contributed by atoms with E-state index >= 15 is 0 Å². The van der Waals surface area contributed by atoms with E-state index in [-0.39, 0.29) is 5.76 Å². The Morgan fingerprint density at radius 2 is 1.73 bits per heavy atom. The van der Waals surface area contributed by atoms with Crippen LogP contribution in [0.2, 0.25) is 0 Å². The van der Waals surface area contributed by atoms with Crippen molar-refractivity contribution in [3.8, 4) is 0 Å². The Hall–Kier alpha value is -1.51. The summed E-state index contributed by atoms with van der Waals surface area (Å²) in [5, 5.41) is 17.0. The zero-order valence-electron chi connectivity index (χ0n) is 6.19. The third kappa shape index (κ3) is 6.37. The maximum Gasteiger partial charge on any atom is 0.328 e. The highest BCUT2D eigenvalue weighted by Gasteiger charge is 1.81. The van der Waals surface area contributed by atoms with Crippen molar-refractivity contribution in [3.63, 3.8) is 0 Å². The first kappa shape index (κ1) is 9.49. The van der Waals surface area contributed by atoms with Gasteiger partial charge in [-0.1, -0.05) is 12.2 Å². The molecule has 0 aromatic rings. The molecule has 0 rings (SSSR count). The van der Waals surface area contributed by atoms with Gasteiger partial charge in [-0.15, -0.1) is 0 Å². The lowest BCUT2D eigenvalue weighted by Crippen LogP contribution is -1.84. The van der Waals surface area contributed by atoms with E-state index in [1.54, 1.807) is 6.92 Å². The molecule has 60 valence electrons. The lowest BCUT2D eigenvalue weighted by atomic mass is 10.4. The SMILES string of the molecule is CC=C(O)C=CC=CC(=O)O. The van der Waals surface area contributed by atoms with Gasteiger partial charge in [-0.05, 0) is 19.1 Å². The number of carboxylic acid groups (broad SMARTS) is 1. The Morgan fingerprint density at radius 1 is 1.18 bits per heavy atom. The molecule has 0 atom stereocenters. The number of aliphatic hydroxyl groups excluding tert-OH is 1. The van der Waals surface area contributed by atoms with Crippen LogP contribution >= 0.6 is 0 Å². The van der Waals surface area contributed by atoms with Gasteiger partial charge >= 0.3 is 5.97 Å². The number of carboxylic acids is 1. The van der Waals surface area contributed by atoms with E-state index in [1.807, 2.05) is 0 Å². The predicted octanol–water partition coefficient (Wildman–Crippen LogP) is 1.65. The highest BCUT2D eigenvalue weighted by atomic mass is 16.4. The van der Waals surface area contributed by atoms with Gasteiger partial charge in [0.1, 0.15) is 5.76 Å². The van der Waals surface area contributed by atoms with Gasteiger partial charge in [0, 0.05) is 6.08 Å². The highest BCUT2D eigenvalue weighted by molar-refractivity contribution is 5.80. The molecular formula is C8H10O3. The number of allylic oxidation sites excluding steroid dienone is 4. The van der Waals surface area contributed by atoms with Crippen LogP contribution in [0.1, 0.15) is 6.92 Å². The largest absolute Gasteiger partial charge is 0.508 e. The van der Waals surface area contributed by atoms with Crippen LogP contribution in [0, 0.1) is 0 Å². The third-order valence-electron chi connectivity index (χ3n) is 0.913. The van der Waals surface area contributed by atoms with Crippen LogP contribution in [0.5, 0.6) is 0 Å². The van der Waals surface area contributed by atoms with E-state index in [1.165, 1.54) is 24.3 Å². The number of carbonyl (C=O) groups is 1. The second-order valence-electron chi connectivity index (χ2n) is 1.77. The lowest BCUT2D eigenvalue weighted by Gasteiger charge is -1.83. The molecule has 11 heavy (non-hydrogen) atoms. The van der Waals surface area contributed by atoms with Gasteiger partial charge in [-0.2, -0.15) is 0 Å². The van der Waals surface area contributed by atoms with Crippen molar-refractivity contribution in [2.45, 2.75) is 6.92 Å². The maximum atomic E-state index is 9.92. The van der Waals surface area contributed by atoms with E-state index in [0.717, 1.165) is 6.08 Å². The minimum Gasteiger partial charge on any atom is -0.508 e. The molecule has 2 N–H and O–H groups in total. The number of rotatable bonds is 3. The first-order chi connectivity index (χ1) is 5.16. The molecule has 0 aromatic carbocycles. The minimum atomic E-state index is -1.00. The van der Waals surface area contributed by atoms with Crippen LogP contribution < -0.4 is 0 Å².